The van der Waals surface area contributed by atoms with E-state index in [1.807, 2.05) is 0 Å². The molecule has 0 amide bonds. The van der Waals surface area contributed by atoms with Crippen LogP contribution in [-0.4, -0.2) is 162 Å². The highest BCUT2D eigenvalue weighted by atomic mass is 16.6. The Labute approximate surface area is 403 Å². The van der Waals surface area contributed by atoms with E-state index in [0.29, 0.717) is 31.7 Å². The van der Waals surface area contributed by atoms with Crippen molar-refractivity contribution in [3.8, 4) is 0 Å². The minimum Gasteiger partial charge on any atom is -0.479 e. The first-order chi connectivity index (χ1) is 33.1. The van der Waals surface area contributed by atoms with Crippen molar-refractivity contribution < 1.29 is 105 Å². The Morgan fingerprint density at radius 1 is 0.486 bits per heavy atom. The van der Waals surface area contributed by atoms with Gasteiger partial charge in [-0.1, -0.05) is 19.7 Å². The number of carboxylic acids is 1. The molecule has 9 aliphatic rings. The van der Waals surface area contributed by atoms with Gasteiger partial charge in [0.1, 0.15) is 12.2 Å². The number of hydrogen-bond acceptors (Lipinski definition) is 21. The van der Waals surface area contributed by atoms with Crippen LogP contribution in [0.15, 0.2) is 36.5 Å². The molecule has 9 fully saturated rings. The first kappa shape index (κ1) is 53.6. The molecule has 6 aliphatic carbocycles. The van der Waals surface area contributed by atoms with Crippen LogP contribution in [0.5, 0.6) is 0 Å². The number of aliphatic hydroxyl groups is 1. The second kappa shape index (κ2) is 22.6. The molecule has 22 nitrogen and oxygen atoms in total. The highest BCUT2D eigenvalue weighted by molar-refractivity contribution is 5.89. The third kappa shape index (κ3) is 10.9. The van der Waals surface area contributed by atoms with Crippen molar-refractivity contribution in [3.05, 3.63) is 36.5 Å². The van der Waals surface area contributed by atoms with Crippen LogP contribution < -0.4 is 0 Å². The summed E-state index contributed by atoms with van der Waals surface area (Å²) in [7, 11) is 4.76. The first-order valence-electron chi connectivity index (χ1n) is 23.0. The average molecular weight is 991 g/mol. The molecule has 3 aliphatic heterocycles. The van der Waals surface area contributed by atoms with Gasteiger partial charge in [0.05, 0.1) is 62.0 Å². The molecular weight excluding hydrogens is 929 g/mol. The fourth-order valence-electron chi connectivity index (χ4n) is 12.2. The second-order valence-corrected chi connectivity index (χ2v) is 19.1. The number of aliphatic hydroxyl groups excluding tert-OH is 1. The third-order valence-electron chi connectivity index (χ3n) is 15.0. The van der Waals surface area contributed by atoms with E-state index in [9.17, 15) is 48.3 Å². The lowest BCUT2D eigenvalue weighted by atomic mass is 9.78. The molecule has 2 N–H and O–H groups in total. The fourth-order valence-corrected chi connectivity index (χ4v) is 12.2. The first-order valence-corrected chi connectivity index (χ1v) is 23.0. The van der Waals surface area contributed by atoms with Gasteiger partial charge in [-0.25, -0.2) is 28.8 Å². The van der Waals surface area contributed by atoms with Crippen LogP contribution in [-0.2, 0) is 95.3 Å². The summed E-state index contributed by atoms with van der Waals surface area (Å²) in [5.41, 5.74) is 0.620. The van der Waals surface area contributed by atoms with Gasteiger partial charge in [-0.2, -0.15) is 0 Å². The monoisotopic (exact) mass is 990 g/mol. The summed E-state index contributed by atoms with van der Waals surface area (Å²) in [6.07, 6.45) is 0.407. The van der Waals surface area contributed by atoms with Crippen molar-refractivity contribution in [1.82, 2.24) is 0 Å². The highest BCUT2D eigenvalue weighted by Crippen LogP contribution is 2.59. The average Bonchev–Trinajstić information content (AvgIpc) is 4.20. The number of methoxy groups -OCH3 is 3. The predicted octanol–water partition coefficient (Wildman–Crippen LogP) is 0.934. The quantitative estimate of drug-likeness (QED) is 0.139. The number of cyclic esters (lactones) is 3. The van der Waals surface area contributed by atoms with Gasteiger partial charge in [-0.3, -0.25) is 14.4 Å². The smallest absolute Gasteiger partial charge is 0.344 e. The van der Waals surface area contributed by atoms with E-state index in [0.717, 1.165) is 19.3 Å². The lowest BCUT2D eigenvalue weighted by molar-refractivity contribution is -0.173. The van der Waals surface area contributed by atoms with Gasteiger partial charge in [0.15, 0.2) is 19.8 Å². The molecule has 3 saturated heterocycles. The van der Waals surface area contributed by atoms with Crippen LogP contribution >= 0.6 is 0 Å². The van der Waals surface area contributed by atoms with Crippen LogP contribution in [0.25, 0.3) is 0 Å². The lowest BCUT2D eigenvalue weighted by Gasteiger charge is -2.34. The number of aliphatic carboxylic acids is 1. The SMILES string of the molecule is C=C(C)C(=O)OCC(=O)O.C=C(C)C(=O)OCC(=O)OC1C2CC(C3COC(=O)C32)C1OC.C=C(C)C(=O)OCC(=O)OC1C2CC(C3COC(=O)C32)C1OC.COC1C(O)C2CC1C1COC(=O)C21. The summed E-state index contributed by atoms with van der Waals surface area (Å²) in [5.74, 6) is -4.38. The molecule has 3 heterocycles. The largest absolute Gasteiger partial charge is 0.479 e. The second-order valence-electron chi connectivity index (χ2n) is 19.1. The number of hydrogen-bond donors (Lipinski definition) is 2. The van der Waals surface area contributed by atoms with Gasteiger partial charge in [0.25, 0.3) is 0 Å². The van der Waals surface area contributed by atoms with Gasteiger partial charge < -0.3 is 62.3 Å². The van der Waals surface area contributed by atoms with Crippen molar-refractivity contribution in [3.63, 3.8) is 0 Å². The standard InChI is InChI=1S/2C16H20O7.C10H14O4.C6H8O4/c2*1-7(2)15(18)22-6-11(17)23-14-9-4-8(13(14)20-3)10-5-21-16(19)12(9)10;1-13-9-4-2-5(8(9)11)7-6(4)3-14-10(7)12;1-4(2)6(9)10-3-5(7)8/h2*8-10,12-14H,1,4-6H2,2-3H3;4-9,11H,2-3H2,1H3;1,3H2,2H3,(H,7,8). The number of ether oxygens (including phenoxy) is 11. The van der Waals surface area contributed by atoms with E-state index in [4.69, 9.17) is 52.5 Å². The van der Waals surface area contributed by atoms with Gasteiger partial charge in [-0.15, -0.1) is 0 Å². The summed E-state index contributed by atoms with van der Waals surface area (Å²) in [4.78, 5) is 102. The normalized spacial score (nSPS) is 36.6. The van der Waals surface area contributed by atoms with Crippen molar-refractivity contribution >= 4 is 53.7 Å². The minimum absolute atomic E-state index is 0.0543. The number of carbonyl (C=O) groups excluding carboxylic acids is 8. The number of carbonyl (C=O) groups is 9. The summed E-state index contributed by atoms with van der Waals surface area (Å²) >= 11 is 0. The minimum atomic E-state index is -1.17. The van der Waals surface area contributed by atoms with Crippen LogP contribution in [0.2, 0.25) is 0 Å². The van der Waals surface area contributed by atoms with Crippen LogP contribution in [0.4, 0.5) is 0 Å². The van der Waals surface area contributed by atoms with E-state index < -0.39 is 73.9 Å². The zero-order chi connectivity index (χ0) is 51.5. The maximum Gasteiger partial charge on any atom is 0.344 e. The Morgan fingerprint density at radius 3 is 1.13 bits per heavy atom. The van der Waals surface area contributed by atoms with Crippen molar-refractivity contribution in [1.29, 1.82) is 0 Å². The summed E-state index contributed by atoms with van der Waals surface area (Å²) in [5, 5.41) is 17.9. The van der Waals surface area contributed by atoms with E-state index in [2.05, 4.69) is 24.5 Å². The highest BCUT2D eigenvalue weighted by Gasteiger charge is 2.67. The molecule has 22 heteroatoms. The lowest BCUT2D eigenvalue weighted by Crippen LogP contribution is -2.46. The molecule has 0 aromatic heterocycles. The molecule has 386 valence electrons. The van der Waals surface area contributed by atoms with Crippen LogP contribution in [0.1, 0.15) is 40.0 Å². The molecule has 70 heavy (non-hydrogen) atoms. The zero-order valence-corrected chi connectivity index (χ0v) is 39.9. The van der Waals surface area contributed by atoms with E-state index in [-0.39, 0.29) is 112 Å². The van der Waals surface area contributed by atoms with Crippen molar-refractivity contribution in [2.75, 3.05) is 61.0 Å². The third-order valence-corrected chi connectivity index (χ3v) is 15.0. The van der Waals surface area contributed by atoms with E-state index in [1.165, 1.54) is 20.8 Å². The molecule has 0 radical (unpaired) electrons. The van der Waals surface area contributed by atoms with Crippen molar-refractivity contribution in [2.45, 2.75) is 76.7 Å². The Bertz CT molecular complexity index is 2020. The maximum absolute atomic E-state index is 11.9. The Kier molecular flexibility index (Phi) is 17.3. The molecule has 18 atom stereocenters. The van der Waals surface area contributed by atoms with Gasteiger partial charge >= 0.3 is 53.7 Å². The van der Waals surface area contributed by atoms with Crippen molar-refractivity contribution in [2.24, 2.45) is 71.0 Å². The van der Waals surface area contributed by atoms with Gasteiger partial charge in [0, 0.05) is 73.6 Å². The van der Waals surface area contributed by atoms with E-state index >= 15 is 0 Å². The Balaban J connectivity index is 0.000000161. The predicted molar refractivity (Wildman–Crippen MR) is 232 cm³/mol. The van der Waals surface area contributed by atoms with Gasteiger partial charge in [-0.05, 0) is 57.8 Å². The molecule has 0 spiro atoms. The number of rotatable bonds is 14. The molecule has 18 unspecified atom stereocenters. The molecular formula is C48H62O22. The number of fused-ring (bicyclic) bond motifs is 15. The molecule has 6 bridgehead atoms. The Hall–Kier alpha value is -5.71. The van der Waals surface area contributed by atoms with Gasteiger partial charge in [0.2, 0.25) is 0 Å². The number of esters is 8. The zero-order valence-electron chi connectivity index (χ0n) is 39.9. The molecule has 0 aromatic rings. The Morgan fingerprint density at radius 2 is 0.800 bits per heavy atom. The summed E-state index contributed by atoms with van der Waals surface area (Å²) < 4.78 is 56.3. The maximum atomic E-state index is 11.9. The topological polar surface area (TPSA) is 296 Å². The molecule has 9 rings (SSSR count). The summed E-state index contributed by atoms with van der Waals surface area (Å²) in [6, 6.07) is 0. The molecule has 0 aromatic carbocycles. The molecule has 6 saturated carbocycles. The fraction of sp³-hybridized carbons (Fsp3) is 0.688. The van der Waals surface area contributed by atoms with Crippen LogP contribution in [0, 0.1) is 71.0 Å². The van der Waals surface area contributed by atoms with Crippen LogP contribution in [0.3, 0.4) is 0 Å². The summed E-state index contributed by atoms with van der Waals surface area (Å²) in [6.45, 7) is 14.4. The van der Waals surface area contributed by atoms with E-state index in [1.54, 1.807) is 21.3 Å². The number of carboxylic acid groups (broad SMARTS) is 1.